The van der Waals surface area contributed by atoms with Crippen molar-refractivity contribution in [2.45, 2.75) is 0 Å². The van der Waals surface area contributed by atoms with Crippen LogP contribution in [0.15, 0.2) is 18.2 Å². The first-order chi connectivity index (χ1) is 8.04. The number of nitrogen functional groups attached to an aromatic ring is 1. The maximum Gasteiger partial charge on any atom is 0.488 e. The summed E-state index contributed by atoms with van der Waals surface area (Å²) in [6, 6.07) is 4.09. The van der Waals surface area contributed by atoms with Gasteiger partial charge in [0, 0.05) is 12.8 Å². The molecule has 1 aromatic carbocycles. The fourth-order valence-corrected chi connectivity index (χ4v) is 1.24. The van der Waals surface area contributed by atoms with Crippen LogP contribution in [-0.4, -0.2) is 43.5 Å². The van der Waals surface area contributed by atoms with Gasteiger partial charge in [-0.2, -0.15) is 0 Å². The summed E-state index contributed by atoms with van der Waals surface area (Å²) in [5.74, 6) is -0.587. The first-order valence-electron chi connectivity index (χ1n) is 4.97. The van der Waals surface area contributed by atoms with Crippen molar-refractivity contribution in [3.05, 3.63) is 23.8 Å². The lowest BCUT2D eigenvalue weighted by Gasteiger charge is -2.07. The van der Waals surface area contributed by atoms with Crippen molar-refractivity contribution >= 4 is 24.2 Å². The zero-order chi connectivity index (χ0) is 12.8. The summed E-state index contributed by atoms with van der Waals surface area (Å²) in [6.45, 7) is 0.421. The highest BCUT2D eigenvalue weighted by molar-refractivity contribution is 6.58. The number of anilines is 1. The molecule has 0 saturated heterocycles. The SMILES string of the molecule is COCCOC(=O)c1cc(N)cc(B(O)O)c1. The van der Waals surface area contributed by atoms with Crippen LogP contribution in [0.3, 0.4) is 0 Å². The van der Waals surface area contributed by atoms with Crippen molar-refractivity contribution in [1.82, 2.24) is 0 Å². The van der Waals surface area contributed by atoms with Crippen molar-refractivity contribution in [2.75, 3.05) is 26.1 Å². The van der Waals surface area contributed by atoms with E-state index < -0.39 is 13.1 Å². The molecule has 0 amide bonds. The van der Waals surface area contributed by atoms with Gasteiger partial charge in [0.15, 0.2) is 0 Å². The molecule has 0 aliphatic carbocycles. The fraction of sp³-hybridized carbons (Fsp3) is 0.300. The van der Waals surface area contributed by atoms with Crippen LogP contribution in [0.5, 0.6) is 0 Å². The van der Waals surface area contributed by atoms with Gasteiger partial charge in [0.2, 0.25) is 0 Å². The molecule has 0 saturated carbocycles. The normalized spacial score (nSPS) is 10.1. The van der Waals surface area contributed by atoms with Crippen LogP contribution in [0, 0.1) is 0 Å². The second-order valence-corrected chi connectivity index (χ2v) is 3.39. The van der Waals surface area contributed by atoms with E-state index in [9.17, 15) is 4.79 Å². The fourth-order valence-electron chi connectivity index (χ4n) is 1.24. The smallest absolute Gasteiger partial charge is 0.460 e. The molecule has 0 aliphatic heterocycles. The van der Waals surface area contributed by atoms with Crippen molar-refractivity contribution in [1.29, 1.82) is 0 Å². The van der Waals surface area contributed by atoms with Gasteiger partial charge in [0.1, 0.15) is 6.61 Å². The molecule has 6 nitrogen and oxygen atoms in total. The topological polar surface area (TPSA) is 102 Å². The average Bonchev–Trinajstić information content (AvgIpc) is 2.28. The second-order valence-electron chi connectivity index (χ2n) is 3.39. The lowest BCUT2D eigenvalue weighted by atomic mass is 9.79. The van der Waals surface area contributed by atoms with E-state index in [1.54, 1.807) is 0 Å². The van der Waals surface area contributed by atoms with Gasteiger partial charge >= 0.3 is 13.1 Å². The highest BCUT2D eigenvalue weighted by atomic mass is 16.6. The average molecular weight is 239 g/mol. The Balaban J connectivity index is 2.79. The number of hydrogen-bond acceptors (Lipinski definition) is 6. The Hall–Kier alpha value is -1.57. The molecule has 92 valence electrons. The zero-order valence-corrected chi connectivity index (χ0v) is 9.42. The van der Waals surface area contributed by atoms with Crippen LogP contribution in [-0.2, 0) is 9.47 Å². The molecule has 0 radical (unpaired) electrons. The van der Waals surface area contributed by atoms with Crippen molar-refractivity contribution in [2.24, 2.45) is 0 Å². The van der Waals surface area contributed by atoms with E-state index in [0.29, 0.717) is 6.61 Å². The largest absolute Gasteiger partial charge is 0.488 e. The van der Waals surface area contributed by atoms with Crippen LogP contribution >= 0.6 is 0 Å². The van der Waals surface area contributed by atoms with Gasteiger partial charge < -0.3 is 25.3 Å². The Kier molecular flexibility index (Phi) is 4.95. The van der Waals surface area contributed by atoms with Crippen LogP contribution in [0.25, 0.3) is 0 Å². The van der Waals surface area contributed by atoms with Crippen molar-refractivity contribution in [3.8, 4) is 0 Å². The molecule has 0 heterocycles. The number of benzene rings is 1. The number of ether oxygens (including phenoxy) is 2. The number of esters is 1. The van der Waals surface area contributed by atoms with Crippen molar-refractivity contribution in [3.63, 3.8) is 0 Å². The molecule has 0 aliphatic rings. The zero-order valence-electron chi connectivity index (χ0n) is 9.42. The van der Waals surface area contributed by atoms with Crippen LogP contribution in [0.4, 0.5) is 5.69 Å². The number of carbonyl (C=O) groups excluding carboxylic acids is 1. The van der Waals surface area contributed by atoms with Gasteiger partial charge in [0.25, 0.3) is 0 Å². The molecule has 0 fully saturated rings. The minimum Gasteiger partial charge on any atom is -0.460 e. The lowest BCUT2D eigenvalue weighted by molar-refractivity contribution is 0.0388. The first kappa shape index (κ1) is 13.5. The molecule has 1 aromatic rings. The molecule has 0 atom stereocenters. The Morgan fingerprint density at radius 3 is 2.65 bits per heavy atom. The molecule has 0 unspecified atom stereocenters. The Morgan fingerprint density at radius 2 is 2.06 bits per heavy atom. The quantitative estimate of drug-likeness (QED) is 0.257. The third-order valence-electron chi connectivity index (χ3n) is 2.03. The summed E-state index contributed by atoms with van der Waals surface area (Å²) in [6.07, 6.45) is 0. The van der Waals surface area contributed by atoms with Crippen molar-refractivity contribution < 1.29 is 24.3 Å². The lowest BCUT2D eigenvalue weighted by Crippen LogP contribution is -2.31. The summed E-state index contributed by atoms with van der Waals surface area (Å²) in [4.78, 5) is 11.5. The van der Waals surface area contributed by atoms with Gasteiger partial charge in [-0.1, -0.05) is 0 Å². The standard InChI is InChI=1S/C10H14BNO5/c1-16-2-3-17-10(13)7-4-8(11(14)15)6-9(12)5-7/h4-6,14-15H,2-3,12H2,1H3. The molecule has 17 heavy (non-hydrogen) atoms. The monoisotopic (exact) mass is 239 g/mol. The van der Waals surface area contributed by atoms with Crippen LogP contribution < -0.4 is 11.2 Å². The molecular formula is C10H14BNO5. The molecule has 7 heteroatoms. The number of hydrogen-bond donors (Lipinski definition) is 3. The number of methoxy groups -OCH3 is 1. The minimum atomic E-state index is -1.68. The van der Waals surface area contributed by atoms with Gasteiger partial charge in [-0.15, -0.1) is 0 Å². The van der Waals surface area contributed by atoms with E-state index in [1.165, 1.54) is 25.3 Å². The van der Waals surface area contributed by atoms with E-state index >= 15 is 0 Å². The van der Waals surface area contributed by atoms with E-state index in [0.717, 1.165) is 0 Å². The highest BCUT2D eigenvalue weighted by Crippen LogP contribution is 2.07. The van der Waals surface area contributed by atoms with Gasteiger partial charge in [0.05, 0.1) is 12.2 Å². The first-order valence-corrected chi connectivity index (χ1v) is 4.97. The summed E-state index contributed by atoms with van der Waals surface area (Å²) in [5, 5.41) is 18.0. The molecule has 1 rings (SSSR count). The summed E-state index contributed by atoms with van der Waals surface area (Å²) in [5.41, 5.74) is 6.11. The third-order valence-corrected chi connectivity index (χ3v) is 2.03. The van der Waals surface area contributed by atoms with E-state index in [4.69, 9.17) is 25.3 Å². The van der Waals surface area contributed by atoms with Gasteiger partial charge in [-0.3, -0.25) is 0 Å². The Morgan fingerprint density at radius 1 is 1.35 bits per heavy atom. The maximum absolute atomic E-state index is 11.5. The maximum atomic E-state index is 11.5. The molecule has 4 N–H and O–H groups in total. The predicted octanol–water partition coefficient (Wildman–Crippen LogP) is -1.25. The number of rotatable bonds is 5. The second kappa shape index (κ2) is 6.24. The number of nitrogens with two attached hydrogens (primary N) is 1. The summed E-state index contributed by atoms with van der Waals surface area (Å²) in [7, 11) is -0.182. The van der Waals surface area contributed by atoms with Crippen LogP contribution in [0.1, 0.15) is 10.4 Å². The molecule has 0 bridgehead atoms. The third kappa shape index (κ3) is 4.06. The van der Waals surface area contributed by atoms with Gasteiger partial charge in [-0.05, 0) is 23.7 Å². The van der Waals surface area contributed by atoms with E-state index in [1.807, 2.05) is 0 Å². The number of carbonyl (C=O) groups is 1. The van der Waals surface area contributed by atoms with Gasteiger partial charge in [-0.25, -0.2) is 4.79 Å². The van der Waals surface area contributed by atoms with E-state index in [2.05, 4.69) is 0 Å². The highest BCUT2D eigenvalue weighted by Gasteiger charge is 2.16. The van der Waals surface area contributed by atoms with E-state index in [-0.39, 0.29) is 23.3 Å². The Bertz CT molecular complexity index is 396. The summed E-state index contributed by atoms with van der Waals surface area (Å²) >= 11 is 0. The molecule has 0 spiro atoms. The summed E-state index contributed by atoms with van der Waals surface area (Å²) < 4.78 is 9.61. The van der Waals surface area contributed by atoms with Crippen LogP contribution in [0.2, 0.25) is 0 Å². The minimum absolute atomic E-state index is 0.126. The molecule has 0 aromatic heterocycles. The molecular weight excluding hydrogens is 225 g/mol. The predicted molar refractivity (Wildman–Crippen MR) is 62.8 cm³/mol. The Labute approximate surface area is 99.1 Å².